The van der Waals surface area contributed by atoms with Gasteiger partial charge in [-0.1, -0.05) is 19.3 Å². The van der Waals surface area contributed by atoms with Crippen LogP contribution in [0.5, 0.6) is 17.2 Å². The Hall–Kier alpha value is -3.50. The molecule has 1 saturated heterocycles. The van der Waals surface area contributed by atoms with Crippen molar-refractivity contribution < 1.29 is 33.4 Å². The van der Waals surface area contributed by atoms with Crippen LogP contribution < -0.4 is 31.0 Å². The van der Waals surface area contributed by atoms with Gasteiger partial charge in [0.1, 0.15) is 12.1 Å². The second-order valence-corrected chi connectivity index (χ2v) is 10.3. The molecule has 2 fully saturated rings. The van der Waals surface area contributed by atoms with Crippen LogP contribution in [0.2, 0.25) is 0 Å². The van der Waals surface area contributed by atoms with E-state index < -0.39 is 35.7 Å². The zero-order chi connectivity index (χ0) is 28.5. The van der Waals surface area contributed by atoms with Crippen LogP contribution >= 0.6 is 0 Å². The standard InChI is InChI=1S/C28H42N4O7/c1-37-21-15-18(16-22(38-2)25(21)39-3)24(17-9-5-4-6-10-17)28(36)32-14-8-7-11-20(32)27(35)31-19(26(30)34)12-13-23(29)33/h15-17,19-20,24H,4-14H2,1-3H3,(H2,29,33)(H2,30,34)(H,31,35)/t19-,20?,24?/m1/s1. The van der Waals surface area contributed by atoms with E-state index in [-0.39, 0.29) is 24.7 Å². The molecule has 1 saturated carbocycles. The fraction of sp³-hybridized carbons (Fsp3) is 0.643. The summed E-state index contributed by atoms with van der Waals surface area (Å²) in [6, 6.07) is 1.84. The average molecular weight is 547 g/mol. The highest BCUT2D eigenvalue weighted by Crippen LogP contribution is 2.45. The SMILES string of the molecule is COc1cc(C(C(=O)N2CCCCC2C(=O)N[C@H](CCC(N)=O)C(N)=O)C2CCCCC2)cc(OC)c1OC. The predicted octanol–water partition coefficient (Wildman–Crippen LogP) is 1.99. The Morgan fingerprint density at radius 1 is 0.923 bits per heavy atom. The van der Waals surface area contributed by atoms with E-state index >= 15 is 0 Å². The molecule has 1 aliphatic carbocycles. The minimum absolute atomic E-state index is 0.00715. The summed E-state index contributed by atoms with van der Waals surface area (Å²) in [6.45, 7) is 0.424. The smallest absolute Gasteiger partial charge is 0.243 e. The lowest BCUT2D eigenvalue weighted by molar-refractivity contribution is -0.145. The van der Waals surface area contributed by atoms with Gasteiger partial charge in [-0.25, -0.2) is 0 Å². The van der Waals surface area contributed by atoms with E-state index in [0.717, 1.165) is 50.5 Å². The first-order valence-corrected chi connectivity index (χ1v) is 13.7. The van der Waals surface area contributed by atoms with Crippen molar-refractivity contribution in [2.75, 3.05) is 27.9 Å². The lowest BCUT2D eigenvalue weighted by atomic mass is 9.75. The summed E-state index contributed by atoms with van der Waals surface area (Å²) >= 11 is 0. The number of rotatable bonds is 12. The van der Waals surface area contributed by atoms with E-state index in [1.807, 2.05) is 12.1 Å². The summed E-state index contributed by atoms with van der Waals surface area (Å²) < 4.78 is 16.6. The van der Waals surface area contributed by atoms with E-state index in [1.165, 1.54) is 21.3 Å². The molecular weight excluding hydrogens is 504 g/mol. The molecule has 4 amide bonds. The maximum atomic E-state index is 14.4. The number of primary amides is 2. The highest BCUT2D eigenvalue weighted by molar-refractivity contribution is 5.93. The topological polar surface area (TPSA) is 163 Å². The molecule has 0 spiro atoms. The zero-order valence-corrected chi connectivity index (χ0v) is 23.2. The van der Waals surface area contributed by atoms with E-state index in [1.54, 1.807) is 4.90 Å². The Bertz CT molecular complexity index is 1020. The molecule has 11 nitrogen and oxygen atoms in total. The average Bonchev–Trinajstić information content (AvgIpc) is 2.94. The van der Waals surface area contributed by atoms with Gasteiger partial charge in [-0.2, -0.15) is 0 Å². The van der Waals surface area contributed by atoms with Crippen molar-refractivity contribution in [3.05, 3.63) is 17.7 Å². The van der Waals surface area contributed by atoms with Gasteiger partial charge in [-0.3, -0.25) is 19.2 Å². The third kappa shape index (κ3) is 7.33. The minimum Gasteiger partial charge on any atom is -0.493 e. The summed E-state index contributed by atoms with van der Waals surface area (Å²) in [5.41, 5.74) is 11.4. The number of nitrogens with zero attached hydrogens (tertiary/aromatic N) is 1. The molecule has 39 heavy (non-hydrogen) atoms. The molecule has 5 N–H and O–H groups in total. The summed E-state index contributed by atoms with van der Waals surface area (Å²) in [4.78, 5) is 52.6. The van der Waals surface area contributed by atoms with Crippen molar-refractivity contribution in [3.63, 3.8) is 0 Å². The number of methoxy groups -OCH3 is 3. The van der Waals surface area contributed by atoms with Crippen LogP contribution in [0.4, 0.5) is 0 Å². The Balaban J connectivity index is 1.95. The van der Waals surface area contributed by atoms with Crippen LogP contribution in [-0.4, -0.2) is 68.5 Å². The molecule has 1 aromatic rings. The van der Waals surface area contributed by atoms with Crippen molar-refractivity contribution in [1.82, 2.24) is 10.2 Å². The van der Waals surface area contributed by atoms with Gasteiger partial charge < -0.3 is 35.9 Å². The summed E-state index contributed by atoms with van der Waals surface area (Å²) in [6.07, 6.45) is 6.90. The molecule has 0 aromatic heterocycles. The van der Waals surface area contributed by atoms with Crippen molar-refractivity contribution in [2.45, 2.75) is 82.2 Å². The molecule has 1 heterocycles. The molecule has 0 bridgehead atoms. The summed E-state index contributed by atoms with van der Waals surface area (Å²) in [5.74, 6) is -0.974. The number of hydrogen-bond donors (Lipinski definition) is 3. The first-order chi connectivity index (χ1) is 18.7. The Morgan fingerprint density at radius 2 is 1.54 bits per heavy atom. The van der Waals surface area contributed by atoms with Gasteiger partial charge in [-0.15, -0.1) is 0 Å². The number of hydrogen-bond acceptors (Lipinski definition) is 7. The van der Waals surface area contributed by atoms with Crippen molar-refractivity contribution in [1.29, 1.82) is 0 Å². The lowest BCUT2D eigenvalue weighted by Crippen LogP contribution is -2.57. The van der Waals surface area contributed by atoms with Crippen molar-refractivity contribution in [3.8, 4) is 17.2 Å². The fourth-order valence-electron chi connectivity index (χ4n) is 5.85. The molecule has 1 aliphatic heterocycles. The first kappa shape index (κ1) is 30.0. The third-order valence-corrected chi connectivity index (χ3v) is 7.86. The van der Waals surface area contributed by atoms with Crippen LogP contribution in [0.3, 0.4) is 0 Å². The minimum atomic E-state index is -1.05. The lowest BCUT2D eigenvalue weighted by Gasteiger charge is -2.40. The molecule has 11 heteroatoms. The normalized spacial score (nSPS) is 19.5. The van der Waals surface area contributed by atoms with Crippen LogP contribution in [0.1, 0.15) is 75.7 Å². The second-order valence-electron chi connectivity index (χ2n) is 10.3. The van der Waals surface area contributed by atoms with E-state index in [4.69, 9.17) is 25.7 Å². The van der Waals surface area contributed by atoms with Gasteiger partial charge in [-0.05, 0) is 62.1 Å². The molecule has 3 rings (SSSR count). The maximum Gasteiger partial charge on any atom is 0.243 e. The monoisotopic (exact) mass is 546 g/mol. The number of benzene rings is 1. The molecule has 2 unspecified atom stereocenters. The quantitative estimate of drug-likeness (QED) is 0.361. The molecular formula is C28H42N4O7. The van der Waals surface area contributed by atoms with Gasteiger partial charge in [0, 0.05) is 13.0 Å². The predicted molar refractivity (Wildman–Crippen MR) is 144 cm³/mol. The Labute approximate surface area is 229 Å². The number of nitrogens with one attached hydrogen (secondary N) is 1. The van der Waals surface area contributed by atoms with Crippen molar-refractivity contribution >= 4 is 23.6 Å². The molecule has 1 aromatic carbocycles. The number of carbonyl (C=O) groups is 4. The number of piperidine rings is 1. The number of carbonyl (C=O) groups excluding carboxylic acids is 4. The summed E-state index contributed by atoms with van der Waals surface area (Å²) in [5, 5.41) is 2.66. The molecule has 2 aliphatic rings. The van der Waals surface area contributed by atoms with Gasteiger partial charge in [0.25, 0.3) is 0 Å². The second kappa shape index (κ2) is 14.0. The zero-order valence-electron chi connectivity index (χ0n) is 23.2. The van der Waals surface area contributed by atoms with E-state index in [9.17, 15) is 19.2 Å². The fourth-order valence-corrected chi connectivity index (χ4v) is 5.85. The van der Waals surface area contributed by atoms with Gasteiger partial charge in [0.05, 0.1) is 27.2 Å². The Morgan fingerprint density at radius 3 is 2.08 bits per heavy atom. The number of amides is 4. The largest absolute Gasteiger partial charge is 0.493 e. The highest BCUT2D eigenvalue weighted by Gasteiger charge is 2.40. The van der Waals surface area contributed by atoms with Gasteiger partial charge in [0.2, 0.25) is 29.4 Å². The van der Waals surface area contributed by atoms with Crippen LogP contribution in [0, 0.1) is 5.92 Å². The van der Waals surface area contributed by atoms with Crippen LogP contribution in [-0.2, 0) is 19.2 Å². The van der Waals surface area contributed by atoms with Crippen LogP contribution in [0.15, 0.2) is 12.1 Å². The number of likely N-dealkylation sites (tertiary alicyclic amines) is 1. The molecule has 3 atom stereocenters. The Kier molecular flexibility index (Phi) is 10.8. The van der Waals surface area contributed by atoms with Gasteiger partial charge >= 0.3 is 0 Å². The molecule has 0 radical (unpaired) electrons. The molecule has 216 valence electrons. The van der Waals surface area contributed by atoms with Crippen LogP contribution in [0.25, 0.3) is 0 Å². The summed E-state index contributed by atoms with van der Waals surface area (Å²) in [7, 11) is 4.61. The van der Waals surface area contributed by atoms with E-state index in [0.29, 0.717) is 30.2 Å². The third-order valence-electron chi connectivity index (χ3n) is 7.86. The van der Waals surface area contributed by atoms with E-state index in [2.05, 4.69) is 5.32 Å². The number of ether oxygens (including phenoxy) is 3. The first-order valence-electron chi connectivity index (χ1n) is 13.7. The van der Waals surface area contributed by atoms with Crippen molar-refractivity contribution in [2.24, 2.45) is 17.4 Å². The highest BCUT2D eigenvalue weighted by atomic mass is 16.5. The maximum absolute atomic E-state index is 14.4. The number of nitrogens with two attached hydrogens (primary N) is 2. The van der Waals surface area contributed by atoms with Gasteiger partial charge in [0.15, 0.2) is 11.5 Å².